The maximum absolute atomic E-state index is 5.51. The van der Waals surface area contributed by atoms with Crippen LogP contribution in [0.25, 0.3) is 0 Å². The Kier molecular flexibility index (Phi) is 2.94. The first kappa shape index (κ1) is 8.60. The minimum absolute atomic E-state index is 0.209. The van der Waals surface area contributed by atoms with Crippen molar-refractivity contribution in [3.05, 3.63) is 11.8 Å². The molecule has 0 N–H and O–H groups in total. The summed E-state index contributed by atoms with van der Waals surface area (Å²) in [7, 11) is 0. The molecule has 0 aromatic rings. The molecule has 64 valence electrons. The summed E-state index contributed by atoms with van der Waals surface area (Å²) >= 11 is 0. The molecule has 1 heterocycles. The summed E-state index contributed by atoms with van der Waals surface area (Å²) in [4.78, 5) is 0. The molecular formula is C9H16O2. The van der Waals surface area contributed by atoms with E-state index in [4.69, 9.17) is 9.47 Å². The Hall–Kier alpha value is -0.500. The molecule has 1 aliphatic heterocycles. The van der Waals surface area contributed by atoms with Gasteiger partial charge in [-0.05, 0) is 26.8 Å². The molecule has 0 radical (unpaired) electrons. The van der Waals surface area contributed by atoms with Crippen LogP contribution in [0, 0.1) is 0 Å². The van der Waals surface area contributed by atoms with Gasteiger partial charge in [0.2, 0.25) is 0 Å². The third-order valence-corrected chi connectivity index (χ3v) is 1.69. The van der Waals surface area contributed by atoms with Crippen molar-refractivity contribution < 1.29 is 9.47 Å². The first-order chi connectivity index (χ1) is 5.22. The predicted molar refractivity (Wildman–Crippen MR) is 44.3 cm³/mol. The zero-order chi connectivity index (χ0) is 8.27. The van der Waals surface area contributed by atoms with Crippen molar-refractivity contribution in [1.82, 2.24) is 0 Å². The van der Waals surface area contributed by atoms with E-state index >= 15 is 0 Å². The molecule has 1 rings (SSSR count). The highest BCUT2D eigenvalue weighted by Crippen LogP contribution is 2.18. The molecule has 0 aromatic heterocycles. The lowest BCUT2D eigenvalue weighted by molar-refractivity contribution is 0.00624. The van der Waals surface area contributed by atoms with Crippen LogP contribution in [0.4, 0.5) is 0 Å². The van der Waals surface area contributed by atoms with Crippen LogP contribution in [0.1, 0.15) is 27.2 Å². The molecule has 0 saturated carbocycles. The molecule has 2 nitrogen and oxygen atoms in total. The van der Waals surface area contributed by atoms with Gasteiger partial charge in [-0.25, -0.2) is 0 Å². The third-order valence-electron chi connectivity index (χ3n) is 1.69. The first-order valence-electron chi connectivity index (χ1n) is 4.21. The van der Waals surface area contributed by atoms with E-state index in [2.05, 4.69) is 6.92 Å². The highest BCUT2D eigenvalue weighted by Gasteiger charge is 2.16. The van der Waals surface area contributed by atoms with Crippen LogP contribution in [0.5, 0.6) is 0 Å². The fourth-order valence-electron chi connectivity index (χ4n) is 1.36. The van der Waals surface area contributed by atoms with Crippen LogP contribution >= 0.6 is 0 Å². The van der Waals surface area contributed by atoms with Crippen LogP contribution in [0.2, 0.25) is 0 Å². The molecular weight excluding hydrogens is 140 g/mol. The van der Waals surface area contributed by atoms with Gasteiger partial charge in [-0.3, -0.25) is 0 Å². The minimum atomic E-state index is 0.209. The lowest BCUT2D eigenvalue weighted by Crippen LogP contribution is -2.22. The van der Waals surface area contributed by atoms with Gasteiger partial charge >= 0.3 is 0 Å². The smallest absolute Gasteiger partial charge is 0.0971 e. The Morgan fingerprint density at radius 2 is 2.36 bits per heavy atom. The van der Waals surface area contributed by atoms with Crippen molar-refractivity contribution in [3.63, 3.8) is 0 Å². The van der Waals surface area contributed by atoms with Gasteiger partial charge in [-0.1, -0.05) is 0 Å². The van der Waals surface area contributed by atoms with Crippen LogP contribution in [0.15, 0.2) is 11.8 Å². The minimum Gasteiger partial charge on any atom is -0.498 e. The SMILES string of the molecule is CCOC1=CC(C)OC(C)C1. The molecule has 0 spiro atoms. The lowest BCUT2D eigenvalue weighted by atomic mass is 10.1. The van der Waals surface area contributed by atoms with E-state index in [1.165, 1.54) is 0 Å². The highest BCUT2D eigenvalue weighted by atomic mass is 16.5. The van der Waals surface area contributed by atoms with Crippen molar-refractivity contribution in [1.29, 1.82) is 0 Å². The molecule has 0 saturated heterocycles. The van der Waals surface area contributed by atoms with E-state index in [0.717, 1.165) is 18.8 Å². The second-order valence-corrected chi connectivity index (χ2v) is 2.92. The van der Waals surface area contributed by atoms with Gasteiger partial charge < -0.3 is 9.47 Å². The van der Waals surface area contributed by atoms with Gasteiger partial charge in [0.05, 0.1) is 24.6 Å². The third kappa shape index (κ3) is 2.54. The van der Waals surface area contributed by atoms with E-state index in [1.54, 1.807) is 0 Å². The Morgan fingerprint density at radius 1 is 1.64 bits per heavy atom. The lowest BCUT2D eigenvalue weighted by Gasteiger charge is -2.24. The van der Waals surface area contributed by atoms with Crippen LogP contribution in [-0.4, -0.2) is 18.8 Å². The van der Waals surface area contributed by atoms with Gasteiger partial charge in [-0.15, -0.1) is 0 Å². The Labute approximate surface area is 68.2 Å². The van der Waals surface area contributed by atoms with Crippen molar-refractivity contribution in [2.75, 3.05) is 6.61 Å². The molecule has 0 aromatic carbocycles. The van der Waals surface area contributed by atoms with Gasteiger partial charge in [0.15, 0.2) is 0 Å². The van der Waals surface area contributed by atoms with Crippen LogP contribution in [-0.2, 0) is 9.47 Å². The molecule has 0 fully saturated rings. The maximum atomic E-state index is 5.51. The van der Waals surface area contributed by atoms with Crippen molar-refractivity contribution in [2.24, 2.45) is 0 Å². The second-order valence-electron chi connectivity index (χ2n) is 2.92. The molecule has 0 aliphatic carbocycles. The van der Waals surface area contributed by atoms with E-state index in [-0.39, 0.29) is 6.10 Å². The summed E-state index contributed by atoms with van der Waals surface area (Å²) in [5.41, 5.74) is 0. The Bertz CT molecular complexity index is 152. The Balaban J connectivity index is 2.49. The molecule has 11 heavy (non-hydrogen) atoms. The quantitative estimate of drug-likeness (QED) is 0.609. The van der Waals surface area contributed by atoms with E-state index in [9.17, 15) is 0 Å². The van der Waals surface area contributed by atoms with Gasteiger partial charge in [0, 0.05) is 6.42 Å². The molecule has 1 aliphatic rings. The average molecular weight is 156 g/mol. The van der Waals surface area contributed by atoms with Crippen LogP contribution < -0.4 is 0 Å². The van der Waals surface area contributed by atoms with Crippen molar-refractivity contribution in [2.45, 2.75) is 39.4 Å². The number of hydrogen-bond acceptors (Lipinski definition) is 2. The fourth-order valence-corrected chi connectivity index (χ4v) is 1.36. The standard InChI is InChI=1S/C9H16O2/c1-4-10-9-5-7(2)11-8(3)6-9/h5,7-8H,4,6H2,1-3H3. The van der Waals surface area contributed by atoms with E-state index < -0.39 is 0 Å². The van der Waals surface area contributed by atoms with Crippen molar-refractivity contribution >= 4 is 0 Å². The fraction of sp³-hybridized carbons (Fsp3) is 0.778. The van der Waals surface area contributed by atoms with Gasteiger partial charge in [0.25, 0.3) is 0 Å². The predicted octanol–water partition coefficient (Wildman–Crippen LogP) is 2.10. The van der Waals surface area contributed by atoms with Crippen LogP contribution in [0.3, 0.4) is 0 Å². The molecule has 0 bridgehead atoms. The zero-order valence-electron chi connectivity index (χ0n) is 7.46. The number of ether oxygens (including phenoxy) is 2. The van der Waals surface area contributed by atoms with Gasteiger partial charge in [-0.2, -0.15) is 0 Å². The summed E-state index contributed by atoms with van der Waals surface area (Å²) in [5.74, 6) is 1.08. The molecule has 0 amide bonds. The topological polar surface area (TPSA) is 18.5 Å². The monoisotopic (exact) mass is 156 g/mol. The first-order valence-corrected chi connectivity index (χ1v) is 4.21. The zero-order valence-corrected chi connectivity index (χ0v) is 7.46. The van der Waals surface area contributed by atoms with E-state index in [1.807, 2.05) is 19.9 Å². The molecule has 2 atom stereocenters. The normalized spacial score (nSPS) is 31.4. The summed E-state index contributed by atoms with van der Waals surface area (Å²) in [6, 6.07) is 0. The molecule has 2 unspecified atom stereocenters. The highest BCUT2D eigenvalue weighted by molar-refractivity contribution is 5.02. The van der Waals surface area contributed by atoms with Crippen molar-refractivity contribution in [3.8, 4) is 0 Å². The number of hydrogen-bond donors (Lipinski definition) is 0. The summed E-state index contributed by atoms with van der Waals surface area (Å²) in [6.07, 6.45) is 3.47. The maximum Gasteiger partial charge on any atom is 0.0971 e. The van der Waals surface area contributed by atoms with Gasteiger partial charge in [0.1, 0.15) is 0 Å². The Morgan fingerprint density at radius 3 is 2.91 bits per heavy atom. The summed E-state index contributed by atoms with van der Waals surface area (Å²) in [6.45, 7) is 6.87. The summed E-state index contributed by atoms with van der Waals surface area (Å²) < 4.78 is 10.9. The second kappa shape index (κ2) is 3.77. The average Bonchev–Trinajstić information content (AvgIpc) is 1.85. The van der Waals surface area contributed by atoms with E-state index in [0.29, 0.717) is 6.10 Å². The number of rotatable bonds is 2. The molecule has 2 heteroatoms. The largest absolute Gasteiger partial charge is 0.498 e. The summed E-state index contributed by atoms with van der Waals surface area (Å²) in [5, 5.41) is 0.